The van der Waals surface area contributed by atoms with Crippen molar-refractivity contribution in [3.05, 3.63) is 74.2 Å². The molecule has 0 spiro atoms. The van der Waals surface area contributed by atoms with Gasteiger partial charge in [0.2, 0.25) is 0 Å². The summed E-state index contributed by atoms with van der Waals surface area (Å²) in [6, 6.07) is 10.9. The van der Waals surface area contributed by atoms with Gasteiger partial charge in [-0.2, -0.15) is 15.6 Å². The summed E-state index contributed by atoms with van der Waals surface area (Å²) in [6.45, 7) is 0. The predicted octanol–water partition coefficient (Wildman–Crippen LogP) is 3.03. The molecule has 1 N–H and O–H groups in total. The van der Waals surface area contributed by atoms with Crippen LogP contribution in [0.2, 0.25) is 5.02 Å². The number of benzene rings is 2. The largest absolute Gasteiger partial charge is 0.453 e. The molecule has 9 heteroatoms. The minimum Gasteiger partial charge on any atom is -0.453 e. The molecule has 0 radical (unpaired) electrons. The Morgan fingerprint density at radius 3 is 2.48 bits per heavy atom. The Hall–Kier alpha value is -3.62. The molecule has 134 valence electrons. The molecule has 0 aliphatic heterocycles. The first-order valence-electron chi connectivity index (χ1n) is 7.63. The molecule has 1 aromatic heterocycles. The highest BCUT2D eigenvalue weighted by Gasteiger charge is 2.18. The first kappa shape index (κ1) is 18.2. The van der Waals surface area contributed by atoms with Crippen molar-refractivity contribution in [1.82, 2.24) is 14.8 Å². The van der Waals surface area contributed by atoms with Crippen molar-refractivity contribution in [3.63, 3.8) is 0 Å². The second-order valence-corrected chi connectivity index (χ2v) is 6.01. The van der Waals surface area contributed by atoms with Gasteiger partial charge in [-0.3, -0.25) is 4.57 Å². The molecule has 3 rings (SSSR count). The van der Waals surface area contributed by atoms with E-state index in [9.17, 15) is 9.18 Å². The lowest BCUT2D eigenvalue weighted by Gasteiger charge is -2.12. The smallest absolute Gasteiger partial charge is 0.343 e. The number of nitrogens with zero attached hydrogens (tertiary/aromatic N) is 4. The van der Waals surface area contributed by atoms with E-state index in [0.717, 1.165) is 0 Å². The van der Waals surface area contributed by atoms with Gasteiger partial charge in [-0.05, 0) is 29.8 Å². The van der Waals surface area contributed by atoms with Crippen molar-refractivity contribution in [2.24, 2.45) is 7.05 Å². The Morgan fingerprint density at radius 1 is 1.26 bits per heavy atom. The van der Waals surface area contributed by atoms with Crippen molar-refractivity contribution < 1.29 is 9.13 Å². The molecule has 3 aromatic rings. The summed E-state index contributed by atoms with van der Waals surface area (Å²) in [6.07, 6.45) is 0.0380. The zero-order valence-corrected chi connectivity index (χ0v) is 14.7. The van der Waals surface area contributed by atoms with Crippen LogP contribution in [-0.2, 0) is 13.5 Å². The van der Waals surface area contributed by atoms with Gasteiger partial charge in [0.1, 0.15) is 11.6 Å². The van der Waals surface area contributed by atoms with Gasteiger partial charge in [-0.25, -0.2) is 14.3 Å². The van der Waals surface area contributed by atoms with Crippen LogP contribution in [0.1, 0.15) is 22.5 Å². The van der Waals surface area contributed by atoms with E-state index in [1.807, 2.05) is 12.1 Å². The number of hydrogen-bond donors (Lipinski definition) is 1. The molecule has 0 aliphatic carbocycles. The van der Waals surface area contributed by atoms with Crippen LogP contribution in [0.15, 0.2) is 35.1 Å². The third-order valence-corrected chi connectivity index (χ3v) is 4.13. The fourth-order valence-electron chi connectivity index (χ4n) is 2.42. The molecule has 0 atom stereocenters. The highest BCUT2D eigenvalue weighted by atomic mass is 35.5. The van der Waals surface area contributed by atoms with Crippen molar-refractivity contribution in [1.29, 1.82) is 10.5 Å². The third kappa shape index (κ3) is 3.66. The SMILES string of the molecule is Cn1c(Cc2ccc(Cl)c(Oc3cc(C#N)cc(C#N)c3)c2F)n[nH]c1=O. The molecule has 0 aliphatic rings. The van der Waals surface area contributed by atoms with Crippen LogP contribution < -0.4 is 10.4 Å². The molecule has 0 bridgehead atoms. The second kappa shape index (κ2) is 7.32. The van der Waals surface area contributed by atoms with Gasteiger partial charge < -0.3 is 4.74 Å². The molecule has 0 fully saturated rings. The summed E-state index contributed by atoms with van der Waals surface area (Å²) >= 11 is 6.07. The number of aromatic nitrogens is 3. The molecule has 2 aromatic carbocycles. The molecule has 7 nitrogen and oxygen atoms in total. The second-order valence-electron chi connectivity index (χ2n) is 5.60. The van der Waals surface area contributed by atoms with Crippen molar-refractivity contribution in [2.45, 2.75) is 6.42 Å². The first-order valence-corrected chi connectivity index (χ1v) is 8.01. The lowest BCUT2D eigenvalue weighted by molar-refractivity contribution is 0.439. The van der Waals surface area contributed by atoms with E-state index in [4.69, 9.17) is 26.9 Å². The van der Waals surface area contributed by atoms with E-state index in [-0.39, 0.29) is 39.6 Å². The van der Waals surface area contributed by atoms with E-state index < -0.39 is 11.5 Å². The van der Waals surface area contributed by atoms with Crippen LogP contribution in [0.4, 0.5) is 4.39 Å². The van der Waals surface area contributed by atoms with Gasteiger partial charge in [-0.1, -0.05) is 17.7 Å². The van der Waals surface area contributed by atoms with Crippen LogP contribution in [0.25, 0.3) is 0 Å². The van der Waals surface area contributed by atoms with Gasteiger partial charge in [-0.15, -0.1) is 0 Å². The number of nitrogens with one attached hydrogen (secondary N) is 1. The maximum absolute atomic E-state index is 14.9. The van der Waals surface area contributed by atoms with Crippen molar-refractivity contribution in [2.75, 3.05) is 0 Å². The monoisotopic (exact) mass is 383 g/mol. The van der Waals surface area contributed by atoms with Crippen molar-refractivity contribution >= 4 is 11.6 Å². The van der Waals surface area contributed by atoms with Gasteiger partial charge in [0.25, 0.3) is 0 Å². The Morgan fingerprint density at radius 2 is 1.93 bits per heavy atom. The topological polar surface area (TPSA) is 107 Å². The minimum atomic E-state index is -0.723. The fraction of sp³-hybridized carbons (Fsp3) is 0.111. The maximum atomic E-state index is 14.9. The molecule has 0 saturated heterocycles. The summed E-state index contributed by atoms with van der Waals surface area (Å²) in [4.78, 5) is 11.5. The standard InChI is InChI=1S/C18H11ClFN5O2/c1-25-15(23-24-18(25)26)7-12-2-3-14(19)17(16(12)20)27-13-5-10(8-21)4-11(6-13)9-22/h2-6H,7H2,1H3,(H,24,26). The first-order chi connectivity index (χ1) is 12.9. The van der Waals surface area contributed by atoms with Crippen LogP contribution >= 0.6 is 11.6 Å². The lowest BCUT2D eigenvalue weighted by atomic mass is 10.1. The van der Waals surface area contributed by atoms with E-state index in [1.165, 1.54) is 41.9 Å². The Bertz CT molecular complexity index is 1140. The van der Waals surface area contributed by atoms with E-state index in [2.05, 4.69) is 10.2 Å². The van der Waals surface area contributed by atoms with Crippen LogP contribution in [0.5, 0.6) is 11.5 Å². The number of aromatic amines is 1. The molecular weight excluding hydrogens is 373 g/mol. The highest BCUT2D eigenvalue weighted by molar-refractivity contribution is 6.32. The number of nitriles is 2. The van der Waals surface area contributed by atoms with Gasteiger partial charge in [0.05, 0.1) is 28.3 Å². The van der Waals surface area contributed by atoms with Crippen LogP contribution in [-0.4, -0.2) is 14.8 Å². The quantitative estimate of drug-likeness (QED) is 0.745. The minimum absolute atomic E-state index is 0.0213. The fourth-order valence-corrected chi connectivity index (χ4v) is 2.60. The number of halogens is 2. The zero-order valence-electron chi connectivity index (χ0n) is 14.0. The Kier molecular flexibility index (Phi) is 4.93. The molecule has 27 heavy (non-hydrogen) atoms. The predicted molar refractivity (Wildman–Crippen MR) is 94.0 cm³/mol. The normalized spacial score (nSPS) is 10.3. The number of rotatable bonds is 4. The van der Waals surface area contributed by atoms with Gasteiger partial charge in [0, 0.05) is 13.5 Å². The van der Waals surface area contributed by atoms with E-state index >= 15 is 0 Å². The van der Waals surface area contributed by atoms with Crippen LogP contribution in [0, 0.1) is 28.5 Å². The average Bonchev–Trinajstić information content (AvgIpc) is 2.99. The summed E-state index contributed by atoms with van der Waals surface area (Å²) < 4.78 is 21.7. The Labute approximate surface area is 157 Å². The summed E-state index contributed by atoms with van der Waals surface area (Å²) in [5.74, 6) is -0.520. The molecular formula is C18H11ClFN5O2. The zero-order chi connectivity index (χ0) is 19.6. The van der Waals surface area contributed by atoms with Crippen molar-refractivity contribution in [3.8, 4) is 23.6 Å². The van der Waals surface area contributed by atoms with Crippen LogP contribution in [0.3, 0.4) is 0 Å². The highest BCUT2D eigenvalue weighted by Crippen LogP contribution is 2.35. The molecule has 0 saturated carbocycles. The summed E-state index contributed by atoms with van der Waals surface area (Å²) in [7, 11) is 1.52. The third-order valence-electron chi connectivity index (χ3n) is 3.83. The average molecular weight is 384 g/mol. The number of ether oxygens (including phenoxy) is 1. The lowest BCUT2D eigenvalue weighted by Crippen LogP contribution is -2.15. The Balaban J connectivity index is 1.99. The van der Waals surface area contributed by atoms with Gasteiger partial charge >= 0.3 is 5.69 Å². The molecule has 0 amide bonds. The van der Waals surface area contributed by atoms with Gasteiger partial charge in [0.15, 0.2) is 11.6 Å². The molecule has 1 heterocycles. The molecule has 0 unspecified atom stereocenters. The maximum Gasteiger partial charge on any atom is 0.343 e. The van der Waals surface area contributed by atoms with E-state index in [0.29, 0.717) is 5.82 Å². The number of hydrogen-bond acceptors (Lipinski definition) is 5. The summed E-state index contributed by atoms with van der Waals surface area (Å²) in [5.41, 5.74) is 0.202. The summed E-state index contributed by atoms with van der Waals surface area (Å²) in [5, 5.41) is 24.2. The number of H-pyrrole nitrogens is 1. The van der Waals surface area contributed by atoms with E-state index in [1.54, 1.807) is 0 Å².